The Hall–Kier alpha value is -3.70. The fourth-order valence-corrected chi connectivity index (χ4v) is 5.07. The molecule has 0 saturated heterocycles. The number of methoxy groups -OCH3 is 1. The third-order valence-corrected chi connectivity index (χ3v) is 6.94. The van der Waals surface area contributed by atoms with Gasteiger partial charge in [-0.3, -0.25) is 9.35 Å². The lowest BCUT2D eigenvalue weighted by Crippen LogP contribution is -2.12. The third kappa shape index (κ3) is 5.73. The molecule has 4 aromatic rings. The molecule has 0 aliphatic rings. The van der Waals surface area contributed by atoms with Crippen molar-refractivity contribution >= 4 is 67.1 Å². The van der Waals surface area contributed by atoms with E-state index < -0.39 is 26.7 Å². The van der Waals surface area contributed by atoms with Crippen LogP contribution in [0.5, 0.6) is 11.5 Å². The highest BCUT2D eigenvalue weighted by Gasteiger charge is 2.22. The summed E-state index contributed by atoms with van der Waals surface area (Å²) in [6.07, 6.45) is 0.329. The zero-order valence-electron chi connectivity index (χ0n) is 20.1. The minimum Gasteiger partial charge on any atom is -0.505 e. The fraction of sp³-hybridized carbons (Fsp3) is 0.115. The predicted molar refractivity (Wildman–Crippen MR) is 146 cm³/mol. The van der Waals surface area contributed by atoms with Gasteiger partial charge in [0, 0.05) is 27.2 Å². The van der Waals surface area contributed by atoms with E-state index in [9.17, 15) is 22.9 Å². The van der Waals surface area contributed by atoms with Gasteiger partial charge in [-0.15, -0.1) is 10.2 Å². The van der Waals surface area contributed by atoms with E-state index in [1.807, 2.05) is 0 Å². The number of phenols is 1. The van der Waals surface area contributed by atoms with E-state index >= 15 is 0 Å². The predicted octanol–water partition coefficient (Wildman–Crippen LogP) is 7.34. The molecule has 196 valence electrons. The van der Waals surface area contributed by atoms with Crippen molar-refractivity contribution in [1.82, 2.24) is 0 Å². The van der Waals surface area contributed by atoms with Gasteiger partial charge in [0.1, 0.15) is 22.0 Å². The Balaban J connectivity index is 1.86. The van der Waals surface area contributed by atoms with Gasteiger partial charge in [-0.05, 0) is 47.7 Å². The Kier molecular flexibility index (Phi) is 7.89. The highest BCUT2D eigenvalue weighted by molar-refractivity contribution is 7.86. The Morgan fingerprint density at radius 2 is 1.68 bits per heavy atom. The molecule has 0 radical (unpaired) electrons. The van der Waals surface area contributed by atoms with E-state index in [-0.39, 0.29) is 22.0 Å². The summed E-state index contributed by atoms with van der Waals surface area (Å²) in [4.78, 5) is 12.7. The van der Waals surface area contributed by atoms with Crippen LogP contribution >= 0.6 is 23.2 Å². The van der Waals surface area contributed by atoms with Gasteiger partial charge < -0.3 is 15.2 Å². The number of aryl methyl sites for hydroxylation is 1. The van der Waals surface area contributed by atoms with Gasteiger partial charge in [0.25, 0.3) is 16.0 Å². The van der Waals surface area contributed by atoms with E-state index in [2.05, 4.69) is 15.5 Å². The average Bonchev–Trinajstić information content (AvgIpc) is 2.86. The largest absolute Gasteiger partial charge is 0.505 e. The molecule has 0 aliphatic heterocycles. The third-order valence-electron chi connectivity index (χ3n) is 5.63. The number of fused-ring (bicyclic) bond motifs is 1. The molecule has 0 fully saturated rings. The average molecular weight is 574 g/mol. The van der Waals surface area contributed by atoms with Crippen molar-refractivity contribution < 1.29 is 27.6 Å². The summed E-state index contributed by atoms with van der Waals surface area (Å²) >= 11 is 12.1. The van der Waals surface area contributed by atoms with Crippen LogP contribution in [0.3, 0.4) is 0 Å². The number of anilines is 1. The smallest absolute Gasteiger partial charge is 0.296 e. The topological polar surface area (TPSA) is 138 Å². The monoisotopic (exact) mass is 573 g/mol. The SMILES string of the molecule is CCc1cc(Cl)cc(S(=O)(=O)O)c1N=Nc1c(O)c(C(=O)Nc2cc(Cl)cc(OC)c2)cc2ccccc12. The molecular formula is C26H21Cl2N3O6S. The van der Waals surface area contributed by atoms with Gasteiger partial charge in [-0.2, -0.15) is 8.42 Å². The van der Waals surface area contributed by atoms with Crippen molar-refractivity contribution in [1.29, 1.82) is 0 Å². The summed E-state index contributed by atoms with van der Waals surface area (Å²) in [6, 6.07) is 15.6. The van der Waals surface area contributed by atoms with Crippen LogP contribution in [0.25, 0.3) is 10.8 Å². The molecule has 0 aliphatic carbocycles. The Labute approximate surface area is 228 Å². The van der Waals surface area contributed by atoms with E-state index in [0.717, 1.165) is 6.07 Å². The van der Waals surface area contributed by atoms with Crippen LogP contribution in [0.15, 0.2) is 75.8 Å². The summed E-state index contributed by atoms with van der Waals surface area (Å²) < 4.78 is 39.0. The number of nitrogens with one attached hydrogen (secondary N) is 1. The maximum atomic E-state index is 13.2. The molecule has 4 rings (SSSR count). The summed E-state index contributed by atoms with van der Waals surface area (Å²) in [6.45, 7) is 1.75. The van der Waals surface area contributed by atoms with E-state index in [1.165, 1.54) is 25.3 Å². The molecule has 12 heteroatoms. The quantitative estimate of drug-likeness (QED) is 0.156. The number of ether oxygens (including phenoxy) is 1. The molecule has 38 heavy (non-hydrogen) atoms. The molecule has 0 heterocycles. The zero-order chi connectivity index (χ0) is 27.6. The van der Waals surface area contributed by atoms with Gasteiger partial charge >= 0.3 is 0 Å². The van der Waals surface area contributed by atoms with Gasteiger partial charge in [-0.1, -0.05) is 54.4 Å². The number of phenolic OH excluding ortho intramolecular Hbond substituents is 1. The lowest BCUT2D eigenvalue weighted by Gasteiger charge is -2.12. The fourth-order valence-electron chi connectivity index (χ4n) is 3.85. The number of benzene rings is 4. The minimum atomic E-state index is -4.70. The van der Waals surface area contributed by atoms with Crippen LogP contribution < -0.4 is 10.1 Å². The minimum absolute atomic E-state index is 0.0739. The highest BCUT2D eigenvalue weighted by atomic mass is 35.5. The number of halogens is 2. The number of hydrogen-bond acceptors (Lipinski definition) is 7. The van der Waals surface area contributed by atoms with E-state index in [4.69, 9.17) is 27.9 Å². The molecule has 0 unspecified atom stereocenters. The number of hydrogen-bond donors (Lipinski definition) is 3. The second-order valence-corrected chi connectivity index (χ2v) is 10.4. The molecule has 4 aromatic carbocycles. The highest BCUT2D eigenvalue weighted by Crippen LogP contribution is 2.41. The van der Waals surface area contributed by atoms with Crippen LogP contribution in [-0.2, 0) is 16.5 Å². The second kappa shape index (κ2) is 11.0. The molecule has 9 nitrogen and oxygen atoms in total. The standard InChI is InChI=1S/C26H21Cl2N3O6S/c1-3-14-8-16(27)12-22(38(34,35)36)23(14)30-31-24-20-7-5-4-6-15(20)9-21(25(24)32)26(33)29-18-10-17(28)11-19(13-18)37-2/h4-13,32H,3H2,1-2H3,(H,29,33)(H,34,35,36). The van der Waals surface area contributed by atoms with Crippen molar-refractivity contribution in [3.8, 4) is 11.5 Å². The van der Waals surface area contributed by atoms with Crippen molar-refractivity contribution in [2.75, 3.05) is 12.4 Å². The molecule has 0 saturated carbocycles. The lowest BCUT2D eigenvalue weighted by atomic mass is 10.0. The summed E-state index contributed by atoms with van der Waals surface area (Å²) in [5.41, 5.74) is 0.417. The van der Waals surface area contributed by atoms with Crippen LogP contribution in [-0.4, -0.2) is 31.1 Å². The first-order valence-corrected chi connectivity index (χ1v) is 13.3. The molecule has 0 aromatic heterocycles. The van der Waals surface area contributed by atoms with Crippen molar-refractivity contribution in [3.63, 3.8) is 0 Å². The van der Waals surface area contributed by atoms with Gasteiger partial charge in [-0.25, -0.2) is 0 Å². The van der Waals surface area contributed by atoms with Gasteiger partial charge in [0.15, 0.2) is 5.75 Å². The second-order valence-electron chi connectivity index (χ2n) is 8.12. The number of aromatic hydroxyl groups is 1. The molecule has 0 spiro atoms. The van der Waals surface area contributed by atoms with Crippen molar-refractivity contribution in [2.24, 2.45) is 10.2 Å². The summed E-state index contributed by atoms with van der Waals surface area (Å²) in [5.74, 6) is -0.720. The first-order chi connectivity index (χ1) is 18.0. The van der Waals surface area contributed by atoms with Crippen LogP contribution in [0, 0.1) is 0 Å². The maximum Gasteiger partial charge on any atom is 0.296 e. The Morgan fingerprint density at radius 3 is 2.37 bits per heavy atom. The normalized spacial score (nSPS) is 11.7. The van der Waals surface area contributed by atoms with Crippen molar-refractivity contribution in [2.45, 2.75) is 18.2 Å². The van der Waals surface area contributed by atoms with Crippen LogP contribution in [0.4, 0.5) is 17.1 Å². The van der Waals surface area contributed by atoms with Crippen LogP contribution in [0.2, 0.25) is 10.0 Å². The first-order valence-electron chi connectivity index (χ1n) is 11.1. The van der Waals surface area contributed by atoms with Gasteiger partial charge in [0.2, 0.25) is 0 Å². The van der Waals surface area contributed by atoms with Gasteiger partial charge in [0.05, 0.1) is 12.7 Å². The van der Waals surface area contributed by atoms with Crippen LogP contribution in [0.1, 0.15) is 22.8 Å². The molecule has 1 amide bonds. The molecule has 0 bridgehead atoms. The lowest BCUT2D eigenvalue weighted by molar-refractivity contribution is 0.102. The number of amides is 1. The Morgan fingerprint density at radius 1 is 1.00 bits per heavy atom. The summed E-state index contributed by atoms with van der Waals surface area (Å²) in [5, 5.41) is 23.5. The molecule has 3 N–H and O–H groups in total. The molecular weight excluding hydrogens is 553 g/mol. The number of nitrogens with zero attached hydrogens (tertiary/aromatic N) is 2. The van der Waals surface area contributed by atoms with E-state index in [1.54, 1.807) is 43.3 Å². The number of rotatable bonds is 7. The van der Waals surface area contributed by atoms with E-state index in [0.29, 0.717) is 39.2 Å². The number of carbonyl (C=O) groups is 1. The number of carbonyl (C=O) groups excluding carboxylic acids is 1. The first kappa shape index (κ1) is 27.3. The number of azo groups is 1. The summed E-state index contributed by atoms with van der Waals surface area (Å²) in [7, 11) is -3.24. The molecule has 0 atom stereocenters. The zero-order valence-corrected chi connectivity index (χ0v) is 22.4. The maximum absolute atomic E-state index is 13.2. The Bertz CT molecular complexity index is 1710. The van der Waals surface area contributed by atoms with Crippen molar-refractivity contribution in [3.05, 3.63) is 81.8 Å².